The fourth-order valence-electron chi connectivity index (χ4n) is 2.49. The van der Waals surface area contributed by atoms with E-state index in [-0.39, 0.29) is 29.8 Å². The third-order valence-electron chi connectivity index (χ3n) is 3.95. The van der Waals surface area contributed by atoms with Crippen molar-refractivity contribution in [3.8, 4) is 0 Å². The molecule has 4 atom stereocenters. The molecular weight excluding hydrogens is 244 g/mol. The van der Waals surface area contributed by atoms with E-state index >= 15 is 0 Å². The van der Waals surface area contributed by atoms with Crippen molar-refractivity contribution in [3.63, 3.8) is 0 Å². The summed E-state index contributed by atoms with van der Waals surface area (Å²) < 4.78 is 0. The fraction of sp³-hybridized carbons (Fsp3) is 0.857. The number of carbonyl (C=O) groups excluding carboxylic acids is 1. The summed E-state index contributed by atoms with van der Waals surface area (Å²) in [6, 6.07) is 0.362. The van der Waals surface area contributed by atoms with Gasteiger partial charge in [0.1, 0.15) is 0 Å². The summed E-state index contributed by atoms with van der Waals surface area (Å²) in [5.41, 5.74) is 0. The molecule has 19 heavy (non-hydrogen) atoms. The number of aliphatic carboxylic acids is 1. The van der Waals surface area contributed by atoms with Crippen molar-refractivity contribution in [1.82, 2.24) is 10.6 Å². The molecular formula is C14H26N2O3. The Bertz CT molecular complexity index is 320. The molecule has 0 aromatic rings. The summed E-state index contributed by atoms with van der Waals surface area (Å²) in [7, 11) is 0. The molecule has 0 spiro atoms. The van der Waals surface area contributed by atoms with Crippen LogP contribution in [0.25, 0.3) is 0 Å². The Hall–Kier alpha value is -1.10. The Labute approximate surface area is 115 Å². The minimum absolute atomic E-state index is 0.0698. The molecule has 1 aliphatic rings. The summed E-state index contributed by atoms with van der Waals surface area (Å²) in [5.74, 6) is -0.860. The summed E-state index contributed by atoms with van der Waals surface area (Å²) in [6.45, 7) is 6.65. The number of amides is 1. The molecule has 1 heterocycles. The maximum absolute atomic E-state index is 12.0. The predicted octanol–water partition coefficient (Wildman–Crippen LogP) is 1.38. The highest BCUT2D eigenvalue weighted by molar-refractivity contribution is 5.80. The van der Waals surface area contributed by atoms with E-state index in [1.165, 1.54) is 0 Å². The van der Waals surface area contributed by atoms with Gasteiger partial charge in [-0.2, -0.15) is 0 Å². The van der Waals surface area contributed by atoms with Gasteiger partial charge in [0.2, 0.25) is 5.91 Å². The van der Waals surface area contributed by atoms with Crippen LogP contribution in [-0.2, 0) is 9.59 Å². The van der Waals surface area contributed by atoms with Crippen molar-refractivity contribution in [3.05, 3.63) is 0 Å². The van der Waals surface area contributed by atoms with E-state index in [1.54, 1.807) is 6.92 Å². The second-order valence-corrected chi connectivity index (χ2v) is 5.72. The first-order valence-corrected chi connectivity index (χ1v) is 7.18. The number of rotatable bonds is 7. The van der Waals surface area contributed by atoms with Crippen molar-refractivity contribution in [2.75, 3.05) is 6.54 Å². The van der Waals surface area contributed by atoms with Gasteiger partial charge in [-0.05, 0) is 39.7 Å². The maximum atomic E-state index is 12.0. The summed E-state index contributed by atoms with van der Waals surface area (Å²) in [6.07, 6.45) is 3.22. The molecule has 0 radical (unpaired) electrons. The Balaban J connectivity index is 2.21. The van der Waals surface area contributed by atoms with Gasteiger partial charge in [0.25, 0.3) is 0 Å². The van der Waals surface area contributed by atoms with E-state index < -0.39 is 5.97 Å². The lowest BCUT2D eigenvalue weighted by Crippen LogP contribution is -2.41. The molecule has 110 valence electrons. The molecule has 0 bridgehead atoms. The van der Waals surface area contributed by atoms with Crippen LogP contribution in [0.3, 0.4) is 0 Å². The van der Waals surface area contributed by atoms with Gasteiger partial charge in [-0.3, -0.25) is 9.59 Å². The van der Waals surface area contributed by atoms with Crippen LogP contribution in [-0.4, -0.2) is 35.6 Å². The van der Waals surface area contributed by atoms with Gasteiger partial charge >= 0.3 is 5.97 Å². The standard InChI is InChI=1S/C14H26N2O3/c1-9(14(18)19)5-4-6-10(2)16-13(17)12-7-8-15-11(12)3/h9-12,15H,4-8H2,1-3H3,(H,16,17)(H,18,19). The third kappa shape index (κ3) is 5.19. The van der Waals surface area contributed by atoms with Gasteiger partial charge in [0.15, 0.2) is 0 Å². The van der Waals surface area contributed by atoms with Crippen LogP contribution in [0, 0.1) is 11.8 Å². The number of nitrogens with one attached hydrogen (secondary N) is 2. The highest BCUT2D eigenvalue weighted by Crippen LogP contribution is 2.16. The first kappa shape index (κ1) is 16.0. The minimum Gasteiger partial charge on any atom is -0.481 e. The molecule has 4 unspecified atom stereocenters. The SMILES string of the molecule is CC(CCCC(C)C(=O)O)NC(=O)C1CCNC1C. The number of carboxylic acids is 1. The zero-order valence-electron chi connectivity index (χ0n) is 12.1. The Kier molecular flexibility index (Phi) is 6.28. The lowest BCUT2D eigenvalue weighted by molar-refractivity contribution is -0.141. The minimum atomic E-state index is -0.748. The Morgan fingerprint density at radius 3 is 2.58 bits per heavy atom. The van der Waals surface area contributed by atoms with E-state index in [4.69, 9.17) is 5.11 Å². The van der Waals surface area contributed by atoms with Gasteiger partial charge in [-0.25, -0.2) is 0 Å². The van der Waals surface area contributed by atoms with Crippen molar-refractivity contribution in [2.45, 2.75) is 58.5 Å². The van der Waals surface area contributed by atoms with E-state index in [1.807, 2.05) is 13.8 Å². The third-order valence-corrected chi connectivity index (χ3v) is 3.95. The van der Waals surface area contributed by atoms with Crippen molar-refractivity contribution < 1.29 is 14.7 Å². The van der Waals surface area contributed by atoms with Crippen molar-refractivity contribution >= 4 is 11.9 Å². The molecule has 0 aliphatic carbocycles. The van der Waals surface area contributed by atoms with Gasteiger partial charge in [0.05, 0.1) is 11.8 Å². The van der Waals surface area contributed by atoms with Crippen LogP contribution in [0.5, 0.6) is 0 Å². The highest BCUT2D eigenvalue weighted by atomic mass is 16.4. The maximum Gasteiger partial charge on any atom is 0.306 e. The van der Waals surface area contributed by atoms with Crippen LogP contribution in [0.2, 0.25) is 0 Å². The molecule has 1 rings (SSSR count). The number of carboxylic acid groups (broad SMARTS) is 1. The van der Waals surface area contributed by atoms with Gasteiger partial charge in [-0.1, -0.05) is 13.3 Å². The summed E-state index contributed by atoms with van der Waals surface area (Å²) in [5, 5.41) is 15.1. The average molecular weight is 270 g/mol. The first-order valence-electron chi connectivity index (χ1n) is 7.18. The van der Waals surface area contributed by atoms with E-state index in [9.17, 15) is 9.59 Å². The van der Waals surface area contributed by atoms with E-state index in [0.717, 1.165) is 25.8 Å². The number of carbonyl (C=O) groups is 2. The topological polar surface area (TPSA) is 78.4 Å². The molecule has 1 saturated heterocycles. The number of hydrogen-bond donors (Lipinski definition) is 3. The summed E-state index contributed by atoms with van der Waals surface area (Å²) in [4.78, 5) is 22.7. The molecule has 5 heteroatoms. The fourth-order valence-corrected chi connectivity index (χ4v) is 2.49. The van der Waals surface area contributed by atoms with Crippen molar-refractivity contribution in [1.29, 1.82) is 0 Å². The lowest BCUT2D eigenvalue weighted by atomic mass is 9.99. The van der Waals surface area contributed by atoms with E-state index in [2.05, 4.69) is 10.6 Å². The Morgan fingerprint density at radius 2 is 2.05 bits per heavy atom. The largest absolute Gasteiger partial charge is 0.481 e. The molecule has 1 fully saturated rings. The molecule has 0 aromatic heterocycles. The van der Waals surface area contributed by atoms with Gasteiger partial charge in [-0.15, -0.1) is 0 Å². The van der Waals surface area contributed by atoms with Crippen LogP contribution < -0.4 is 10.6 Å². The first-order chi connectivity index (χ1) is 8.91. The molecule has 0 saturated carbocycles. The number of hydrogen-bond acceptors (Lipinski definition) is 3. The lowest BCUT2D eigenvalue weighted by Gasteiger charge is -2.19. The molecule has 1 aliphatic heterocycles. The zero-order valence-corrected chi connectivity index (χ0v) is 12.1. The smallest absolute Gasteiger partial charge is 0.306 e. The predicted molar refractivity (Wildman–Crippen MR) is 73.8 cm³/mol. The monoisotopic (exact) mass is 270 g/mol. The van der Waals surface area contributed by atoms with Crippen LogP contribution in [0.1, 0.15) is 46.5 Å². The summed E-state index contributed by atoms with van der Waals surface area (Å²) >= 11 is 0. The molecule has 5 nitrogen and oxygen atoms in total. The second kappa shape index (κ2) is 7.48. The van der Waals surface area contributed by atoms with Gasteiger partial charge in [0, 0.05) is 12.1 Å². The quantitative estimate of drug-likeness (QED) is 0.653. The zero-order chi connectivity index (χ0) is 14.4. The van der Waals surface area contributed by atoms with Crippen LogP contribution >= 0.6 is 0 Å². The van der Waals surface area contributed by atoms with Crippen LogP contribution in [0.15, 0.2) is 0 Å². The second-order valence-electron chi connectivity index (χ2n) is 5.72. The average Bonchev–Trinajstić information content (AvgIpc) is 2.75. The molecule has 1 amide bonds. The van der Waals surface area contributed by atoms with Gasteiger partial charge < -0.3 is 15.7 Å². The van der Waals surface area contributed by atoms with Crippen molar-refractivity contribution in [2.24, 2.45) is 11.8 Å². The van der Waals surface area contributed by atoms with Crippen LogP contribution in [0.4, 0.5) is 0 Å². The highest BCUT2D eigenvalue weighted by Gasteiger charge is 2.29. The molecule has 3 N–H and O–H groups in total. The van der Waals surface area contributed by atoms with E-state index in [0.29, 0.717) is 6.42 Å². The Morgan fingerprint density at radius 1 is 1.37 bits per heavy atom. The molecule has 0 aromatic carbocycles. The normalized spacial score (nSPS) is 25.8.